The van der Waals surface area contributed by atoms with Crippen molar-refractivity contribution < 1.29 is 28.9 Å². The Labute approximate surface area is 140 Å². The van der Waals surface area contributed by atoms with Gasteiger partial charge in [-0.2, -0.15) is 0 Å². The number of rotatable bonds is 5. The summed E-state index contributed by atoms with van der Waals surface area (Å²) in [5.41, 5.74) is 0.410. The number of carbonyl (C=O) groups is 2. The average Bonchev–Trinajstić information content (AvgIpc) is 3.13. The Morgan fingerprint density at radius 3 is 2.96 bits per heavy atom. The predicted molar refractivity (Wildman–Crippen MR) is 84.2 cm³/mol. The first-order valence-corrected chi connectivity index (χ1v) is 8.11. The molecule has 24 heavy (non-hydrogen) atoms. The third-order valence-corrected chi connectivity index (χ3v) is 4.22. The zero-order valence-electron chi connectivity index (χ0n) is 13.3. The molecule has 2 aliphatic rings. The largest absolute Gasteiger partial charge is 0.491 e. The molecule has 2 unspecified atom stereocenters. The molecule has 7 nitrogen and oxygen atoms in total. The number of carbonyl (C=O) groups excluding carboxylic acids is 1. The van der Waals surface area contributed by atoms with E-state index in [0.29, 0.717) is 24.5 Å². The molecule has 1 aromatic rings. The molecular weight excluding hydrogens is 314 g/mol. The van der Waals surface area contributed by atoms with Crippen LogP contribution in [0.25, 0.3) is 0 Å². The first kappa shape index (κ1) is 16.7. The highest BCUT2D eigenvalue weighted by Gasteiger charge is 2.33. The van der Waals surface area contributed by atoms with Crippen LogP contribution in [0.15, 0.2) is 24.3 Å². The van der Waals surface area contributed by atoms with E-state index in [4.69, 9.17) is 14.2 Å². The lowest BCUT2D eigenvalue weighted by molar-refractivity contribution is -0.147. The number of aliphatic carboxylic acids is 1. The maximum atomic E-state index is 12.7. The Hall–Kier alpha value is -2.12. The molecule has 1 aromatic carbocycles. The number of morpholine rings is 1. The van der Waals surface area contributed by atoms with E-state index in [9.17, 15) is 14.7 Å². The summed E-state index contributed by atoms with van der Waals surface area (Å²) in [6.07, 6.45) is 2.12. The fourth-order valence-electron chi connectivity index (χ4n) is 2.90. The van der Waals surface area contributed by atoms with Crippen molar-refractivity contribution in [3.63, 3.8) is 0 Å². The second-order valence-corrected chi connectivity index (χ2v) is 5.90. The average molecular weight is 335 g/mol. The smallest absolute Gasteiger partial charge is 0.328 e. The van der Waals surface area contributed by atoms with Gasteiger partial charge >= 0.3 is 5.97 Å². The van der Waals surface area contributed by atoms with E-state index in [0.717, 1.165) is 19.4 Å². The SMILES string of the molecule is O=C(O)C1COCCN1C(=O)c1cccc(OCC2CCCO2)c1. The highest BCUT2D eigenvalue weighted by Crippen LogP contribution is 2.19. The molecule has 1 amide bonds. The highest BCUT2D eigenvalue weighted by atomic mass is 16.5. The van der Waals surface area contributed by atoms with Crippen LogP contribution in [0.3, 0.4) is 0 Å². The van der Waals surface area contributed by atoms with Gasteiger partial charge in [0.05, 0.1) is 19.3 Å². The van der Waals surface area contributed by atoms with Crippen molar-refractivity contribution in [1.29, 1.82) is 0 Å². The molecule has 0 spiro atoms. The van der Waals surface area contributed by atoms with E-state index in [1.807, 2.05) is 0 Å². The molecule has 3 rings (SSSR count). The lowest BCUT2D eigenvalue weighted by Gasteiger charge is -2.32. The lowest BCUT2D eigenvalue weighted by Crippen LogP contribution is -2.52. The van der Waals surface area contributed by atoms with Gasteiger partial charge in [-0.05, 0) is 31.0 Å². The molecule has 1 N–H and O–H groups in total. The third kappa shape index (κ3) is 3.85. The molecule has 0 radical (unpaired) electrons. The molecule has 2 heterocycles. The van der Waals surface area contributed by atoms with Gasteiger partial charge < -0.3 is 24.2 Å². The van der Waals surface area contributed by atoms with Gasteiger partial charge in [0.25, 0.3) is 5.91 Å². The van der Waals surface area contributed by atoms with Crippen LogP contribution >= 0.6 is 0 Å². The zero-order valence-corrected chi connectivity index (χ0v) is 13.3. The molecule has 2 aliphatic heterocycles. The molecule has 0 bridgehead atoms. The summed E-state index contributed by atoms with van der Waals surface area (Å²) in [6, 6.07) is 5.86. The van der Waals surface area contributed by atoms with Crippen molar-refractivity contribution in [3.8, 4) is 5.75 Å². The topological polar surface area (TPSA) is 85.3 Å². The van der Waals surface area contributed by atoms with E-state index in [-0.39, 0.29) is 25.2 Å². The number of amides is 1. The van der Waals surface area contributed by atoms with Gasteiger partial charge in [0.1, 0.15) is 12.4 Å². The quantitative estimate of drug-likeness (QED) is 0.869. The minimum atomic E-state index is -1.06. The zero-order chi connectivity index (χ0) is 16.9. The van der Waals surface area contributed by atoms with Crippen molar-refractivity contribution in [2.45, 2.75) is 25.0 Å². The molecule has 130 valence electrons. The summed E-state index contributed by atoms with van der Waals surface area (Å²) in [6.45, 7) is 1.82. The van der Waals surface area contributed by atoms with E-state index in [1.165, 1.54) is 4.90 Å². The van der Waals surface area contributed by atoms with Gasteiger partial charge in [0.2, 0.25) is 0 Å². The Morgan fingerprint density at radius 2 is 2.21 bits per heavy atom. The highest BCUT2D eigenvalue weighted by molar-refractivity contribution is 5.97. The maximum absolute atomic E-state index is 12.7. The standard InChI is InChI=1S/C17H21NO6/c19-16(18-6-8-22-11-15(18)17(20)21)12-3-1-4-13(9-12)24-10-14-5-2-7-23-14/h1,3-4,9,14-15H,2,5-8,10-11H2,(H,20,21). The summed E-state index contributed by atoms with van der Waals surface area (Å²) >= 11 is 0. The number of hydrogen-bond acceptors (Lipinski definition) is 5. The number of benzene rings is 1. The van der Waals surface area contributed by atoms with Gasteiger partial charge in [0, 0.05) is 18.7 Å². The molecule has 0 aliphatic carbocycles. The molecular formula is C17H21NO6. The van der Waals surface area contributed by atoms with Crippen molar-refractivity contribution >= 4 is 11.9 Å². The summed E-state index contributed by atoms with van der Waals surface area (Å²) in [5, 5.41) is 9.25. The van der Waals surface area contributed by atoms with Gasteiger partial charge in [-0.3, -0.25) is 4.79 Å². The van der Waals surface area contributed by atoms with Crippen molar-refractivity contribution in [2.24, 2.45) is 0 Å². The molecule has 2 saturated heterocycles. The minimum absolute atomic E-state index is 0.0102. The van der Waals surface area contributed by atoms with E-state index in [1.54, 1.807) is 24.3 Å². The number of hydrogen-bond donors (Lipinski definition) is 1. The van der Waals surface area contributed by atoms with Gasteiger partial charge in [-0.15, -0.1) is 0 Å². The second-order valence-electron chi connectivity index (χ2n) is 5.90. The van der Waals surface area contributed by atoms with Crippen LogP contribution in [0, 0.1) is 0 Å². The fourth-order valence-corrected chi connectivity index (χ4v) is 2.90. The Morgan fingerprint density at radius 1 is 1.33 bits per heavy atom. The maximum Gasteiger partial charge on any atom is 0.328 e. The van der Waals surface area contributed by atoms with E-state index >= 15 is 0 Å². The molecule has 2 atom stereocenters. The van der Waals surface area contributed by atoms with Crippen molar-refractivity contribution in [1.82, 2.24) is 4.90 Å². The van der Waals surface area contributed by atoms with Gasteiger partial charge in [0.15, 0.2) is 6.04 Å². The molecule has 0 aromatic heterocycles. The molecule has 2 fully saturated rings. The fraction of sp³-hybridized carbons (Fsp3) is 0.529. The van der Waals surface area contributed by atoms with Gasteiger partial charge in [-0.25, -0.2) is 4.79 Å². The molecule has 7 heteroatoms. The number of carboxylic acid groups (broad SMARTS) is 1. The van der Waals surface area contributed by atoms with E-state index in [2.05, 4.69) is 0 Å². The van der Waals surface area contributed by atoms with Gasteiger partial charge in [-0.1, -0.05) is 6.07 Å². The summed E-state index contributed by atoms with van der Waals surface area (Å²) in [7, 11) is 0. The third-order valence-electron chi connectivity index (χ3n) is 4.22. The number of carboxylic acids is 1. The van der Waals surface area contributed by atoms with Crippen molar-refractivity contribution in [3.05, 3.63) is 29.8 Å². The van der Waals surface area contributed by atoms with Crippen LogP contribution in [-0.4, -0.2) is 67.0 Å². The first-order chi connectivity index (χ1) is 11.6. The Balaban J connectivity index is 1.67. The van der Waals surface area contributed by atoms with Crippen LogP contribution in [-0.2, 0) is 14.3 Å². The second kappa shape index (κ2) is 7.63. The van der Waals surface area contributed by atoms with Crippen LogP contribution in [0.2, 0.25) is 0 Å². The first-order valence-electron chi connectivity index (χ1n) is 8.11. The van der Waals surface area contributed by atoms with Crippen LogP contribution in [0.4, 0.5) is 0 Å². The normalized spacial score (nSPS) is 23.9. The predicted octanol–water partition coefficient (Wildman–Crippen LogP) is 1.17. The van der Waals surface area contributed by atoms with Crippen LogP contribution < -0.4 is 4.74 Å². The Kier molecular flexibility index (Phi) is 5.32. The Bertz CT molecular complexity index is 598. The van der Waals surface area contributed by atoms with E-state index < -0.39 is 12.0 Å². The summed E-state index contributed by atoms with van der Waals surface area (Å²) in [4.78, 5) is 25.3. The monoisotopic (exact) mass is 335 g/mol. The van der Waals surface area contributed by atoms with Crippen LogP contribution in [0.5, 0.6) is 5.75 Å². The molecule has 0 saturated carbocycles. The summed E-state index contributed by atoms with van der Waals surface area (Å²) < 4.78 is 16.4. The minimum Gasteiger partial charge on any atom is -0.491 e. The van der Waals surface area contributed by atoms with Crippen molar-refractivity contribution in [2.75, 3.05) is 33.0 Å². The summed E-state index contributed by atoms with van der Waals surface area (Å²) in [5.74, 6) is -0.807. The number of nitrogens with zero attached hydrogens (tertiary/aromatic N) is 1. The number of ether oxygens (including phenoxy) is 3. The van der Waals surface area contributed by atoms with Crippen LogP contribution in [0.1, 0.15) is 23.2 Å². The lowest BCUT2D eigenvalue weighted by atomic mass is 10.1.